The third-order valence-corrected chi connectivity index (χ3v) is 10.5. The van der Waals surface area contributed by atoms with Crippen LogP contribution in [0.5, 0.6) is 0 Å². The van der Waals surface area contributed by atoms with Crippen LogP contribution in [0.3, 0.4) is 0 Å². The molecule has 0 radical (unpaired) electrons. The molecule has 9 heteroatoms. The van der Waals surface area contributed by atoms with Gasteiger partial charge >= 0.3 is 0 Å². The summed E-state index contributed by atoms with van der Waals surface area (Å²) in [7, 11) is 1.29. The second kappa shape index (κ2) is 37.1. The Balaban J connectivity index is 4.39. The minimum absolute atomic E-state index is 0.00719. The summed E-state index contributed by atoms with van der Waals surface area (Å²) in [4.78, 5) is 25.3. The predicted octanol–water partition coefficient (Wildman–Crippen LogP) is 11.4. The first-order valence-electron chi connectivity index (χ1n) is 22.0. The van der Waals surface area contributed by atoms with Crippen molar-refractivity contribution in [2.45, 2.75) is 193 Å². The van der Waals surface area contributed by atoms with E-state index in [1.807, 2.05) is 21.1 Å². The SMILES string of the molecule is CC/C=C\C/C=C\C/C=C\C/C=C\CCCCCCCCC(=O)NC(COP(=O)([O-])OCC[N+](C)(C)C)C(O)CCCCCCCCCCCCCCC. The molecular formula is C45H85N2O6P. The van der Waals surface area contributed by atoms with Crippen molar-refractivity contribution in [2.24, 2.45) is 0 Å². The molecule has 0 heterocycles. The molecule has 2 N–H and O–H groups in total. The molecule has 54 heavy (non-hydrogen) atoms. The van der Waals surface area contributed by atoms with Crippen molar-refractivity contribution >= 4 is 13.7 Å². The Bertz CT molecular complexity index is 1020. The Morgan fingerprint density at radius 1 is 0.667 bits per heavy atom. The van der Waals surface area contributed by atoms with E-state index in [4.69, 9.17) is 9.05 Å². The second-order valence-corrected chi connectivity index (χ2v) is 17.4. The van der Waals surface area contributed by atoms with E-state index >= 15 is 0 Å². The van der Waals surface area contributed by atoms with Crippen molar-refractivity contribution < 1.29 is 32.9 Å². The van der Waals surface area contributed by atoms with E-state index in [0.29, 0.717) is 23.9 Å². The summed E-state index contributed by atoms with van der Waals surface area (Å²) in [6, 6.07) is -0.808. The maximum absolute atomic E-state index is 12.9. The fourth-order valence-electron chi connectivity index (χ4n) is 6.09. The summed E-state index contributed by atoms with van der Waals surface area (Å²) in [5.74, 6) is -0.181. The van der Waals surface area contributed by atoms with Crippen molar-refractivity contribution in [3.63, 3.8) is 0 Å². The van der Waals surface area contributed by atoms with Crippen LogP contribution in [0.1, 0.15) is 181 Å². The Morgan fingerprint density at radius 2 is 1.13 bits per heavy atom. The van der Waals surface area contributed by atoms with Crippen LogP contribution in [0.15, 0.2) is 48.6 Å². The second-order valence-electron chi connectivity index (χ2n) is 16.0. The van der Waals surface area contributed by atoms with Crippen LogP contribution >= 0.6 is 7.82 Å². The van der Waals surface area contributed by atoms with Gasteiger partial charge in [0.1, 0.15) is 13.2 Å². The van der Waals surface area contributed by atoms with E-state index in [2.05, 4.69) is 67.8 Å². The van der Waals surface area contributed by atoms with Gasteiger partial charge in [0, 0.05) is 6.42 Å². The van der Waals surface area contributed by atoms with E-state index in [-0.39, 0.29) is 19.1 Å². The van der Waals surface area contributed by atoms with Gasteiger partial charge in [-0.25, -0.2) is 0 Å². The van der Waals surface area contributed by atoms with E-state index in [1.54, 1.807) is 0 Å². The van der Waals surface area contributed by atoms with Crippen LogP contribution in [0.25, 0.3) is 0 Å². The molecule has 3 unspecified atom stereocenters. The Morgan fingerprint density at radius 3 is 1.65 bits per heavy atom. The lowest BCUT2D eigenvalue weighted by atomic mass is 10.0. The van der Waals surface area contributed by atoms with Gasteiger partial charge in [0.15, 0.2) is 0 Å². The molecule has 0 aliphatic rings. The topological polar surface area (TPSA) is 108 Å². The van der Waals surface area contributed by atoms with Crippen molar-refractivity contribution in [1.82, 2.24) is 5.32 Å². The van der Waals surface area contributed by atoms with Crippen molar-refractivity contribution in [2.75, 3.05) is 40.9 Å². The summed E-state index contributed by atoms with van der Waals surface area (Å²) < 4.78 is 23.2. The molecule has 0 spiro atoms. The number of nitrogens with one attached hydrogen (secondary N) is 1. The highest BCUT2D eigenvalue weighted by molar-refractivity contribution is 7.45. The van der Waals surface area contributed by atoms with Crippen molar-refractivity contribution in [1.29, 1.82) is 0 Å². The Labute approximate surface area is 333 Å². The molecular weight excluding hydrogens is 695 g/mol. The molecule has 0 fully saturated rings. The zero-order valence-corrected chi connectivity index (χ0v) is 36.6. The predicted molar refractivity (Wildman–Crippen MR) is 228 cm³/mol. The number of aliphatic hydroxyl groups is 1. The fourth-order valence-corrected chi connectivity index (χ4v) is 6.81. The number of carbonyl (C=O) groups excluding carboxylic acids is 1. The molecule has 0 aromatic carbocycles. The van der Waals surface area contributed by atoms with Gasteiger partial charge in [-0.15, -0.1) is 0 Å². The zero-order chi connectivity index (χ0) is 40.0. The van der Waals surface area contributed by atoms with E-state index in [1.165, 1.54) is 77.0 Å². The molecule has 8 nitrogen and oxygen atoms in total. The van der Waals surface area contributed by atoms with Gasteiger partial charge in [0.2, 0.25) is 5.91 Å². The van der Waals surface area contributed by atoms with E-state index in [9.17, 15) is 19.4 Å². The number of aliphatic hydroxyl groups excluding tert-OH is 1. The molecule has 0 rings (SSSR count). The number of rotatable bonds is 39. The van der Waals surface area contributed by atoms with Crippen LogP contribution in [0.4, 0.5) is 0 Å². The number of carbonyl (C=O) groups is 1. The lowest BCUT2D eigenvalue weighted by Gasteiger charge is -2.30. The van der Waals surface area contributed by atoms with Crippen LogP contribution in [0, 0.1) is 0 Å². The number of unbranched alkanes of at least 4 members (excludes halogenated alkanes) is 18. The molecule has 0 aromatic heterocycles. The molecule has 0 saturated heterocycles. The Kier molecular flexibility index (Phi) is 36.0. The molecule has 1 amide bonds. The lowest BCUT2D eigenvalue weighted by molar-refractivity contribution is -0.870. The van der Waals surface area contributed by atoms with Crippen molar-refractivity contribution in [3.8, 4) is 0 Å². The third kappa shape index (κ3) is 38.7. The fraction of sp³-hybridized carbons (Fsp3) is 0.800. The standard InChI is InChI=1S/C45H85N2O6P/c1-6-8-10-12-14-16-18-20-21-22-23-24-25-27-29-31-33-35-37-39-45(49)46-43(42-53-54(50,51)52-41-40-47(3,4)5)44(48)38-36-34-32-30-28-26-19-17-15-13-11-9-7-2/h8,10,14,16,20-21,23-24,43-44,48H,6-7,9,11-13,15,17-19,22,25-42H2,1-5H3,(H-,46,49,50,51)/b10-8-,16-14-,21-20-,24-23-. The van der Waals surface area contributed by atoms with Gasteiger partial charge < -0.3 is 28.8 Å². The zero-order valence-electron chi connectivity index (χ0n) is 35.7. The highest BCUT2D eigenvalue weighted by Gasteiger charge is 2.24. The van der Waals surface area contributed by atoms with Gasteiger partial charge in [-0.05, 0) is 51.4 Å². The molecule has 0 saturated carbocycles. The van der Waals surface area contributed by atoms with Crippen molar-refractivity contribution in [3.05, 3.63) is 48.6 Å². The first-order chi connectivity index (χ1) is 26.0. The van der Waals surface area contributed by atoms with Gasteiger partial charge in [-0.2, -0.15) is 0 Å². The quantitative estimate of drug-likeness (QED) is 0.0278. The van der Waals surface area contributed by atoms with Crippen LogP contribution < -0.4 is 10.2 Å². The monoisotopic (exact) mass is 781 g/mol. The van der Waals surface area contributed by atoms with Crippen LogP contribution in [-0.4, -0.2) is 68.5 Å². The number of amides is 1. The summed E-state index contributed by atoms with van der Waals surface area (Å²) in [5, 5.41) is 13.9. The van der Waals surface area contributed by atoms with E-state index in [0.717, 1.165) is 77.0 Å². The van der Waals surface area contributed by atoms with Crippen LogP contribution in [0.2, 0.25) is 0 Å². The highest BCUT2D eigenvalue weighted by Crippen LogP contribution is 2.38. The highest BCUT2D eigenvalue weighted by atomic mass is 31.2. The van der Waals surface area contributed by atoms with E-state index < -0.39 is 20.0 Å². The number of hydrogen-bond acceptors (Lipinski definition) is 6. The van der Waals surface area contributed by atoms with Gasteiger partial charge in [-0.3, -0.25) is 9.36 Å². The first kappa shape index (κ1) is 52.5. The number of quaternary nitrogens is 1. The molecule has 316 valence electrons. The van der Waals surface area contributed by atoms with Gasteiger partial charge in [0.25, 0.3) is 7.82 Å². The molecule has 0 aliphatic carbocycles. The molecule has 0 bridgehead atoms. The number of phosphoric acid groups is 1. The minimum atomic E-state index is -4.57. The minimum Gasteiger partial charge on any atom is -0.756 e. The number of nitrogens with zero attached hydrogens (tertiary/aromatic N) is 1. The largest absolute Gasteiger partial charge is 0.756 e. The summed E-state index contributed by atoms with van der Waals surface area (Å²) in [6.07, 6.45) is 45.3. The number of allylic oxidation sites excluding steroid dienone is 8. The summed E-state index contributed by atoms with van der Waals surface area (Å²) in [5.41, 5.74) is 0. The van der Waals surface area contributed by atoms with Gasteiger partial charge in [-0.1, -0.05) is 172 Å². The molecule has 0 aliphatic heterocycles. The average Bonchev–Trinajstić information content (AvgIpc) is 3.12. The summed E-state index contributed by atoms with van der Waals surface area (Å²) in [6.45, 7) is 4.58. The Hall–Kier alpha value is -1.54. The molecule has 0 aromatic rings. The maximum atomic E-state index is 12.9. The number of likely N-dealkylation sites (N-methyl/N-ethyl adjacent to an activating group) is 1. The number of phosphoric ester groups is 1. The normalized spacial score (nSPS) is 14.9. The summed E-state index contributed by atoms with van der Waals surface area (Å²) >= 11 is 0. The van der Waals surface area contributed by atoms with Crippen LogP contribution in [-0.2, 0) is 18.4 Å². The number of hydrogen-bond donors (Lipinski definition) is 2. The van der Waals surface area contributed by atoms with Gasteiger partial charge in [0.05, 0.1) is 39.9 Å². The third-order valence-electron chi connectivity index (χ3n) is 9.58. The molecule has 3 atom stereocenters. The average molecular weight is 781 g/mol. The first-order valence-corrected chi connectivity index (χ1v) is 23.4. The lowest BCUT2D eigenvalue weighted by Crippen LogP contribution is -2.46. The maximum Gasteiger partial charge on any atom is 0.268 e. The smallest absolute Gasteiger partial charge is 0.268 e.